The Morgan fingerprint density at radius 3 is 2.33 bits per heavy atom. The number of fused-ring (bicyclic) bond motifs is 1. The van der Waals surface area contributed by atoms with E-state index < -0.39 is 0 Å². The van der Waals surface area contributed by atoms with Crippen molar-refractivity contribution in [2.24, 2.45) is 0 Å². The fourth-order valence-electron chi connectivity index (χ4n) is 2.42. The maximum atomic E-state index is 3.62. The van der Waals surface area contributed by atoms with Crippen LogP contribution in [0.3, 0.4) is 0 Å². The highest BCUT2D eigenvalue weighted by Gasteiger charge is 2.18. The van der Waals surface area contributed by atoms with Crippen LogP contribution in [0, 0.1) is 13.8 Å². The summed E-state index contributed by atoms with van der Waals surface area (Å²) in [5, 5.41) is 7.14. The van der Waals surface area contributed by atoms with E-state index in [4.69, 9.17) is 0 Å². The zero-order valence-electron chi connectivity index (χ0n) is 10.8. The van der Waals surface area contributed by atoms with Crippen molar-refractivity contribution in [3.63, 3.8) is 0 Å². The zero-order valence-corrected chi connectivity index (χ0v) is 10.8. The first kappa shape index (κ1) is 11.1. The smallest absolute Gasteiger partial charge is 0.0687 e. The third-order valence-electron chi connectivity index (χ3n) is 3.66. The van der Waals surface area contributed by atoms with E-state index in [0.29, 0.717) is 6.04 Å². The highest BCUT2D eigenvalue weighted by molar-refractivity contribution is 5.73. The summed E-state index contributed by atoms with van der Waals surface area (Å²) < 4.78 is 0. The van der Waals surface area contributed by atoms with Crippen LogP contribution in [0.4, 0.5) is 11.4 Å². The Morgan fingerprint density at radius 2 is 1.61 bits per heavy atom. The Balaban J connectivity index is 1.92. The van der Waals surface area contributed by atoms with Crippen molar-refractivity contribution in [1.82, 2.24) is 0 Å². The molecule has 92 valence electrons. The van der Waals surface area contributed by atoms with E-state index >= 15 is 0 Å². The van der Waals surface area contributed by atoms with E-state index in [1.54, 1.807) is 0 Å². The van der Waals surface area contributed by atoms with Crippen molar-refractivity contribution in [1.29, 1.82) is 0 Å². The average Bonchev–Trinajstić information content (AvgIpc) is 2.41. The molecule has 0 aromatic heterocycles. The van der Waals surface area contributed by atoms with E-state index in [2.05, 4.69) is 66.9 Å². The summed E-state index contributed by atoms with van der Waals surface area (Å²) in [5.74, 6) is 0. The molecule has 0 saturated heterocycles. The molecular formula is C16H18N2. The molecule has 1 atom stereocenters. The maximum absolute atomic E-state index is 3.62. The Labute approximate surface area is 108 Å². The van der Waals surface area contributed by atoms with E-state index in [1.807, 2.05) is 0 Å². The number of anilines is 2. The van der Waals surface area contributed by atoms with Crippen molar-refractivity contribution < 1.29 is 0 Å². The van der Waals surface area contributed by atoms with Crippen molar-refractivity contribution >= 4 is 11.4 Å². The van der Waals surface area contributed by atoms with Gasteiger partial charge in [-0.3, -0.25) is 0 Å². The Bertz CT molecular complexity index is 561. The largest absolute Gasteiger partial charge is 0.381 e. The molecule has 2 aromatic rings. The summed E-state index contributed by atoms with van der Waals surface area (Å²) in [6, 6.07) is 15.4. The van der Waals surface area contributed by atoms with Gasteiger partial charge in [-0.15, -0.1) is 0 Å². The van der Waals surface area contributed by atoms with Crippen molar-refractivity contribution in [3.05, 3.63) is 59.2 Å². The monoisotopic (exact) mass is 238 g/mol. The molecule has 3 rings (SSSR count). The first-order valence-corrected chi connectivity index (χ1v) is 6.40. The lowest BCUT2D eigenvalue weighted by Crippen LogP contribution is -2.25. The van der Waals surface area contributed by atoms with Gasteiger partial charge in [-0.05, 0) is 42.7 Å². The molecule has 0 radical (unpaired) electrons. The predicted molar refractivity (Wildman–Crippen MR) is 77.2 cm³/mol. The Kier molecular flexibility index (Phi) is 2.71. The summed E-state index contributed by atoms with van der Waals surface area (Å²) in [5.41, 5.74) is 6.41. The van der Waals surface area contributed by atoms with Crippen LogP contribution in [0.5, 0.6) is 0 Å². The van der Waals surface area contributed by atoms with E-state index in [0.717, 1.165) is 6.54 Å². The molecule has 2 nitrogen and oxygen atoms in total. The molecule has 0 fully saturated rings. The van der Waals surface area contributed by atoms with Gasteiger partial charge in [0.2, 0.25) is 0 Å². The van der Waals surface area contributed by atoms with Gasteiger partial charge >= 0.3 is 0 Å². The van der Waals surface area contributed by atoms with E-state index in [1.165, 1.54) is 28.1 Å². The number of aryl methyl sites for hydroxylation is 2. The highest BCUT2D eigenvalue weighted by atomic mass is 15.1. The quantitative estimate of drug-likeness (QED) is 0.787. The molecule has 2 N–H and O–H groups in total. The first-order valence-electron chi connectivity index (χ1n) is 6.40. The molecular weight excluding hydrogens is 220 g/mol. The van der Waals surface area contributed by atoms with Gasteiger partial charge in [-0.25, -0.2) is 0 Å². The topological polar surface area (TPSA) is 24.1 Å². The van der Waals surface area contributed by atoms with Gasteiger partial charge in [-0.1, -0.05) is 30.3 Å². The van der Waals surface area contributed by atoms with Gasteiger partial charge in [0.25, 0.3) is 0 Å². The van der Waals surface area contributed by atoms with Crippen LogP contribution in [0.1, 0.15) is 22.7 Å². The second-order valence-corrected chi connectivity index (χ2v) is 4.97. The number of hydrogen-bond acceptors (Lipinski definition) is 2. The fourth-order valence-corrected chi connectivity index (χ4v) is 2.42. The minimum atomic E-state index is 0.348. The van der Waals surface area contributed by atoms with Crippen LogP contribution >= 0.6 is 0 Å². The molecule has 1 aliphatic heterocycles. The molecule has 0 unspecified atom stereocenters. The van der Waals surface area contributed by atoms with Crippen LogP contribution in [-0.4, -0.2) is 6.54 Å². The zero-order chi connectivity index (χ0) is 12.5. The van der Waals surface area contributed by atoms with Gasteiger partial charge in [0.05, 0.1) is 17.4 Å². The van der Waals surface area contributed by atoms with Crippen molar-refractivity contribution in [2.75, 3.05) is 17.2 Å². The average molecular weight is 238 g/mol. The van der Waals surface area contributed by atoms with Gasteiger partial charge in [0, 0.05) is 6.54 Å². The molecule has 0 saturated carbocycles. The standard InChI is InChI=1S/C16H18N2/c1-11-8-14-15(9-12(11)2)18-16(10-17-14)13-6-4-3-5-7-13/h3-9,16-18H,10H2,1-2H3/t16-/m0/s1. The molecule has 1 heterocycles. The summed E-state index contributed by atoms with van der Waals surface area (Å²) in [7, 11) is 0. The second kappa shape index (κ2) is 4.37. The summed E-state index contributed by atoms with van der Waals surface area (Å²) in [4.78, 5) is 0. The predicted octanol–water partition coefficient (Wildman–Crippen LogP) is 3.88. The lowest BCUT2D eigenvalue weighted by molar-refractivity contribution is 0.803. The third-order valence-corrected chi connectivity index (χ3v) is 3.66. The lowest BCUT2D eigenvalue weighted by atomic mass is 10.0. The van der Waals surface area contributed by atoms with Crippen LogP contribution in [0.25, 0.3) is 0 Å². The fraction of sp³-hybridized carbons (Fsp3) is 0.250. The second-order valence-electron chi connectivity index (χ2n) is 4.97. The molecule has 18 heavy (non-hydrogen) atoms. The molecule has 0 amide bonds. The number of rotatable bonds is 1. The van der Waals surface area contributed by atoms with Crippen LogP contribution in [-0.2, 0) is 0 Å². The number of hydrogen-bond donors (Lipinski definition) is 2. The summed E-state index contributed by atoms with van der Waals surface area (Å²) in [6.07, 6.45) is 0. The van der Waals surface area contributed by atoms with Crippen LogP contribution < -0.4 is 10.6 Å². The minimum Gasteiger partial charge on any atom is -0.381 e. The van der Waals surface area contributed by atoms with Crippen molar-refractivity contribution in [2.45, 2.75) is 19.9 Å². The molecule has 0 spiro atoms. The van der Waals surface area contributed by atoms with E-state index in [-0.39, 0.29) is 0 Å². The summed E-state index contributed by atoms with van der Waals surface area (Å²) >= 11 is 0. The molecule has 1 aliphatic rings. The maximum Gasteiger partial charge on any atom is 0.0687 e. The van der Waals surface area contributed by atoms with Crippen LogP contribution in [0.2, 0.25) is 0 Å². The van der Waals surface area contributed by atoms with Gasteiger partial charge in [0.1, 0.15) is 0 Å². The Morgan fingerprint density at radius 1 is 0.944 bits per heavy atom. The van der Waals surface area contributed by atoms with Gasteiger partial charge in [-0.2, -0.15) is 0 Å². The highest BCUT2D eigenvalue weighted by Crippen LogP contribution is 2.33. The lowest BCUT2D eigenvalue weighted by Gasteiger charge is -2.29. The first-order chi connectivity index (χ1) is 8.74. The van der Waals surface area contributed by atoms with Crippen LogP contribution in [0.15, 0.2) is 42.5 Å². The molecule has 2 aromatic carbocycles. The molecule has 0 bridgehead atoms. The van der Waals surface area contributed by atoms with Crippen molar-refractivity contribution in [3.8, 4) is 0 Å². The van der Waals surface area contributed by atoms with E-state index in [9.17, 15) is 0 Å². The Hall–Kier alpha value is -1.96. The molecule has 2 heteroatoms. The van der Waals surface area contributed by atoms with Gasteiger partial charge in [0.15, 0.2) is 0 Å². The normalized spacial score (nSPS) is 17.6. The minimum absolute atomic E-state index is 0.348. The number of nitrogens with one attached hydrogen (secondary N) is 2. The third kappa shape index (κ3) is 1.94. The SMILES string of the molecule is Cc1cc2c(cc1C)N[C@H](c1ccccc1)CN2. The summed E-state index contributed by atoms with van der Waals surface area (Å²) in [6.45, 7) is 5.24. The van der Waals surface area contributed by atoms with Gasteiger partial charge < -0.3 is 10.6 Å². The molecule has 0 aliphatic carbocycles. The number of benzene rings is 2.